The van der Waals surface area contributed by atoms with E-state index in [2.05, 4.69) is 27.8 Å². The molecule has 4 heteroatoms. The lowest BCUT2D eigenvalue weighted by Crippen LogP contribution is -2.20. The molecule has 0 aliphatic rings. The second kappa shape index (κ2) is 7.80. The first-order valence-corrected chi connectivity index (χ1v) is 7.84. The highest BCUT2D eigenvalue weighted by atomic mass is 79.9. The van der Waals surface area contributed by atoms with Gasteiger partial charge in [-0.05, 0) is 30.7 Å². The third kappa shape index (κ3) is 3.98. The van der Waals surface area contributed by atoms with Gasteiger partial charge in [-0.25, -0.2) is 4.79 Å². The van der Waals surface area contributed by atoms with Crippen molar-refractivity contribution < 1.29 is 9.53 Å². The Bertz CT molecular complexity index is 655. The van der Waals surface area contributed by atoms with Crippen molar-refractivity contribution in [1.82, 2.24) is 0 Å². The van der Waals surface area contributed by atoms with Crippen molar-refractivity contribution in [2.75, 3.05) is 11.9 Å². The van der Waals surface area contributed by atoms with E-state index in [9.17, 15) is 4.79 Å². The number of carbonyl (C=O) groups is 1. The van der Waals surface area contributed by atoms with Crippen LogP contribution >= 0.6 is 15.9 Å². The number of ether oxygens (including phenoxy) is 1. The molecule has 0 amide bonds. The molecule has 1 atom stereocenters. The van der Waals surface area contributed by atoms with Crippen LogP contribution in [0.5, 0.6) is 0 Å². The van der Waals surface area contributed by atoms with Crippen molar-refractivity contribution >= 4 is 27.6 Å². The SMILES string of the molecule is C=C(C(=O)OCC)C(Nc1ccccc1)c1ccccc1Br. The third-order valence-electron chi connectivity index (χ3n) is 3.19. The van der Waals surface area contributed by atoms with Gasteiger partial charge in [-0.15, -0.1) is 0 Å². The van der Waals surface area contributed by atoms with Gasteiger partial charge in [0.25, 0.3) is 0 Å². The third-order valence-corrected chi connectivity index (χ3v) is 3.91. The molecule has 0 heterocycles. The zero-order valence-electron chi connectivity index (χ0n) is 12.4. The topological polar surface area (TPSA) is 38.3 Å². The number of nitrogens with one attached hydrogen (secondary N) is 1. The van der Waals surface area contributed by atoms with Crippen LogP contribution in [0.15, 0.2) is 71.2 Å². The molecule has 22 heavy (non-hydrogen) atoms. The zero-order valence-corrected chi connectivity index (χ0v) is 14.0. The summed E-state index contributed by atoms with van der Waals surface area (Å²) in [6, 6.07) is 17.1. The van der Waals surface area contributed by atoms with Crippen LogP contribution in [0.25, 0.3) is 0 Å². The lowest BCUT2D eigenvalue weighted by Gasteiger charge is -2.22. The van der Waals surface area contributed by atoms with Gasteiger partial charge >= 0.3 is 5.97 Å². The molecule has 3 nitrogen and oxygen atoms in total. The molecule has 0 saturated heterocycles. The van der Waals surface area contributed by atoms with Crippen molar-refractivity contribution in [3.05, 3.63) is 76.8 Å². The van der Waals surface area contributed by atoms with E-state index < -0.39 is 5.97 Å². The summed E-state index contributed by atoms with van der Waals surface area (Å²) >= 11 is 3.53. The summed E-state index contributed by atoms with van der Waals surface area (Å²) in [7, 11) is 0. The van der Waals surface area contributed by atoms with Gasteiger partial charge in [0.15, 0.2) is 0 Å². The molecule has 0 aromatic heterocycles. The highest BCUT2D eigenvalue weighted by molar-refractivity contribution is 9.10. The number of carbonyl (C=O) groups excluding carboxylic acids is 1. The van der Waals surface area contributed by atoms with Crippen molar-refractivity contribution in [3.63, 3.8) is 0 Å². The van der Waals surface area contributed by atoms with E-state index in [0.717, 1.165) is 15.7 Å². The largest absolute Gasteiger partial charge is 0.463 e. The Morgan fingerprint density at radius 2 is 1.82 bits per heavy atom. The first-order valence-electron chi connectivity index (χ1n) is 7.05. The van der Waals surface area contributed by atoms with E-state index in [-0.39, 0.29) is 6.04 Å². The molecule has 2 rings (SSSR count). The molecular formula is C18H18BrNO2. The van der Waals surface area contributed by atoms with Gasteiger partial charge in [0.1, 0.15) is 0 Å². The van der Waals surface area contributed by atoms with Gasteiger partial charge in [-0.1, -0.05) is 58.9 Å². The van der Waals surface area contributed by atoms with E-state index in [4.69, 9.17) is 4.74 Å². The smallest absolute Gasteiger partial charge is 0.335 e. The molecule has 2 aromatic carbocycles. The molecule has 2 aromatic rings. The van der Waals surface area contributed by atoms with Crippen LogP contribution in [0.2, 0.25) is 0 Å². The molecule has 0 bridgehead atoms. The average molecular weight is 360 g/mol. The van der Waals surface area contributed by atoms with E-state index >= 15 is 0 Å². The van der Waals surface area contributed by atoms with E-state index in [0.29, 0.717) is 12.2 Å². The fourth-order valence-corrected chi connectivity index (χ4v) is 2.62. The predicted molar refractivity (Wildman–Crippen MR) is 92.7 cm³/mol. The highest BCUT2D eigenvalue weighted by Crippen LogP contribution is 2.31. The Labute approximate surface area is 139 Å². The van der Waals surface area contributed by atoms with Crippen molar-refractivity contribution in [3.8, 4) is 0 Å². The van der Waals surface area contributed by atoms with Crippen LogP contribution in [0.3, 0.4) is 0 Å². The number of para-hydroxylation sites is 1. The minimum Gasteiger partial charge on any atom is -0.463 e. The molecule has 0 spiro atoms. The molecule has 0 aliphatic heterocycles. The lowest BCUT2D eigenvalue weighted by molar-refractivity contribution is -0.138. The number of benzene rings is 2. The number of esters is 1. The Hall–Kier alpha value is -2.07. The summed E-state index contributed by atoms with van der Waals surface area (Å²) in [4.78, 5) is 12.1. The average Bonchev–Trinajstić information content (AvgIpc) is 2.54. The van der Waals surface area contributed by atoms with Gasteiger partial charge in [0.2, 0.25) is 0 Å². The van der Waals surface area contributed by atoms with Crippen LogP contribution in [0, 0.1) is 0 Å². The van der Waals surface area contributed by atoms with E-state index in [1.165, 1.54) is 0 Å². The molecule has 0 aliphatic carbocycles. The maximum absolute atomic E-state index is 12.1. The molecule has 0 saturated carbocycles. The summed E-state index contributed by atoms with van der Waals surface area (Å²) in [6.07, 6.45) is 0. The van der Waals surface area contributed by atoms with Gasteiger partial charge in [0, 0.05) is 10.2 Å². The predicted octanol–water partition coefficient (Wildman–Crippen LogP) is 4.72. The number of halogens is 1. The van der Waals surface area contributed by atoms with Crippen LogP contribution in [-0.2, 0) is 9.53 Å². The van der Waals surface area contributed by atoms with Gasteiger partial charge < -0.3 is 10.1 Å². The second-order valence-electron chi connectivity index (χ2n) is 4.71. The minimum atomic E-state index is -0.397. The monoisotopic (exact) mass is 359 g/mol. The number of hydrogen-bond donors (Lipinski definition) is 1. The number of hydrogen-bond acceptors (Lipinski definition) is 3. The minimum absolute atomic E-state index is 0.325. The lowest BCUT2D eigenvalue weighted by atomic mass is 9.99. The Morgan fingerprint density at radius 3 is 2.45 bits per heavy atom. The summed E-state index contributed by atoms with van der Waals surface area (Å²) in [5.41, 5.74) is 2.22. The van der Waals surface area contributed by atoms with Crippen LogP contribution in [0.1, 0.15) is 18.5 Å². The summed E-state index contributed by atoms with van der Waals surface area (Å²) in [5.74, 6) is -0.397. The van der Waals surface area contributed by atoms with Gasteiger partial charge in [0.05, 0.1) is 18.2 Å². The van der Waals surface area contributed by atoms with Crippen LogP contribution < -0.4 is 5.32 Å². The summed E-state index contributed by atoms with van der Waals surface area (Å²) < 4.78 is 6.00. The van der Waals surface area contributed by atoms with Crippen LogP contribution in [0.4, 0.5) is 5.69 Å². The molecule has 1 N–H and O–H groups in total. The first-order chi connectivity index (χ1) is 10.6. The van der Waals surface area contributed by atoms with E-state index in [1.54, 1.807) is 6.92 Å². The Morgan fingerprint density at radius 1 is 1.18 bits per heavy atom. The highest BCUT2D eigenvalue weighted by Gasteiger charge is 2.23. The maximum atomic E-state index is 12.1. The fourth-order valence-electron chi connectivity index (χ4n) is 2.10. The normalized spacial score (nSPS) is 11.5. The molecular weight excluding hydrogens is 342 g/mol. The Kier molecular flexibility index (Phi) is 5.78. The zero-order chi connectivity index (χ0) is 15.9. The van der Waals surface area contributed by atoms with Crippen molar-refractivity contribution in [2.45, 2.75) is 13.0 Å². The molecule has 0 fully saturated rings. The second-order valence-corrected chi connectivity index (χ2v) is 5.56. The molecule has 114 valence electrons. The van der Waals surface area contributed by atoms with Crippen molar-refractivity contribution in [2.24, 2.45) is 0 Å². The molecule has 0 radical (unpaired) electrons. The first kappa shape index (κ1) is 16.3. The van der Waals surface area contributed by atoms with Gasteiger partial charge in [-0.2, -0.15) is 0 Å². The molecule has 1 unspecified atom stereocenters. The van der Waals surface area contributed by atoms with E-state index in [1.807, 2.05) is 54.6 Å². The summed E-state index contributed by atoms with van der Waals surface area (Å²) in [6.45, 7) is 6.04. The maximum Gasteiger partial charge on any atom is 0.335 e. The quantitative estimate of drug-likeness (QED) is 0.598. The van der Waals surface area contributed by atoms with Crippen molar-refractivity contribution in [1.29, 1.82) is 0 Å². The number of rotatable bonds is 6. The Balaban J connectivity index is 2.34. The van der Waals surface area contributed by atoms with Gasteiger partial charge in [-0.3, -0.25) is 0 Å². The number of anilines is 1. The standard InChI is InChI=1S/C18H18BrNO2/c1-3-22-18(21)13(2)17(15-11-7-8-12-16(15)19)20-14-9-5-4-6-10-14/h4-12,17,20H,2-3H2,1H3. The summed E-state index contributed by atoms with van der Waals surface area (Å²) in [5, 5.41) is 3.34. The van der Waals surface area contributed by atoms with Crippen LogP contribution in [-0.4, -0.2) is 12.6 Å². The fraction of sp³-hybridized carbons (Fsp3) is 0.167.